The summed E-state index contributed by atoms with van der Waals surface area (Å²) in [6.07, 6.45) is 0. The minimum absolute atomic E-state index is 0.0304. The van der Waals surface area contributed by atoms with E-state index < -0.39 is 0 Å². The number of carbonyl (C=O) groups excluding carboxylic acids is 1. The number of likely N-dealkylation sites (N-methyl/N-ethyl adjacent to an activating group) is 1. The Morgan fingerprint density at radius 3 is 2.89 bits per heavy atom. The Balaban J connectivity index is 2.55. The molecule has 0 saturated heterocycles. The number of hydrogen-bond acceptors (Lipinski definition) is 3. The van der Waals surface area contributed by atoms with E-state index in [1.165, 1.54) is 0 Å². The van der Waals surface area contributed by atoms with Gasteiger partial charge in [0.25, 0.3) is 0 Å². The van der Waals surface area contributed by atoms with Gasteiger partial charge in [-0.1, -0.05) is 0 Å². The van der Waals surface area contributed by atoms with Gasteiger partial charge in [0.15, 0.2) is 10.4 Å². The van der Waals surface area contributed by atoms with Gasteiger partial charge in [0.1, 0.15) is 6.04 Å². The van der Waals surface area contributed by atoms with Crippen LogP contribution in [0.2, 0.25) is 0 Å². The quantitative estimate of drug-likeness (QED) is 0.877. The van der Waals surface area contributed by atoms with Crippen LogP contribution in [-0.2, 0) is 4.79 Å². The van der Waals surface area contributed by atoms with Crippen molar-refractivity contribution in [3.63, 3.8) is 0 Å². The van der Waals surface area contributed by atoms with Crippen LogP contribution in [-0.4, -0.2) is 38.9 Å². The first-order chi connectivity index (χ1) is 8.95. The van der Waals surface area contributed by atoms with Gasteiger partial charge >= 0.3 is 0 Å². The molecule has 0 radical (unpaired) electrons. The molecule has 2 aromatic rings. The van der Waals surface area contributed by atoms with Crippen LogP contribution in [0.5, 0.6) is 0 Å². The average molecular weight is 278 g/mol. The molecule has 19 heavy (non-hydrogen) atoms. The number of nitrogens with one attached hydrogen (secondary N) is 1. The molecular weight excluding hydrogens is 260 g/mol. The Bertz CT molecular complexity index is 673. The Labute approximate surface area is 117 Å². The highest BCUT2D eigenvalue weighted by atomic mass is 32.1. The number of rotatable bonds is 3. The highest BCUT2D eigenvalue weighted by Gasteiger charge is 2.21. The lowest BCUT2D eigenvalue weighted by Gasteiger charge is -2.20. The molecule has 1 unspecified atom stereocenters. The first-order valence-electron chi connectivity index (χ1n) is 6.28. The zero-order valence-electron chi connectivity index (χ0n) is 11.6. The summed E-state index contributed by atoms with van der Waals surface area (Å²) in [4.78, 5) is 21.5. The van der Waals surface area contributed by atoms with E-state index in [-0.39, 0.29) is 11.9 Å². The van der Waals surface area contributed by atoms with Crippen molar-refractivity contribution in [2.75, 3.05) is 13.6 Å². The molecule has 2 aromatic heterocycles. The monoisotopic (exact) mass is 278 g/mol. The molecule has 2 heterocycles. The number of amides is 1. The highest BCUT2D eigenvalue weighted by Crippen LogP contribution is 2.19. The molecule has 0 bridgehead atoms. The first-order valence-corrected chi connectivity index (χ1v) is 6.69. The third kappa shape index (κ3) is 2.40. The van der Waals surface area contributed by atoms with Gasteiger partial charge in [-0.15, -0.1) is 0 Å². The molecule has 2 rings (SSSR count). The summed E-state index contributed by atoms with van der Waals surface area (Å²) >= 11 is 5.31. The van der Waals surface area contributed by atoms with Crippen molar-refractivity contribution in [1.82, 2.24) is 19.4 Å². The number of H-pyrrole nitrogens is 1. The van der Waals surface area contributed by atoms with Crippen molar-refractivity contribution in [2.45, 2.75) is 26.8 Å². The number of nitrogens with zero attached hydrogens (tertiary/aromatic N) is 3. The van der Waals surface area contributed by atoms with Crippen LogP contribution >= 0.6 is 12.2 Å². The minimum atomic E-state index is -0.361. The van der Waals surface area contributed by atoms with Gasteiger partial charge in [-0.05, 0) is 45.1 Å². The van der Waals surface area contributed by atoms with E-state index in [1.807, 2.05) is 32.9 Å². The molecular formula is C13H18N4OS. The second-order valence-electron chi connectivity index (χ2n) is 4.65. The Morgan fingerprint density at radius 1 is 1.58 bits per heavy atom. The van der Waals surface area contributed by atoms with Gasteiger partial charge in [0.05, 0.1) is 5.52 Å². The molecule has 5 nitrogen and oxygen atoms in total. The lowest BCUT2D eigenvalue weighted by molar-refractivity contribution is -0.132. The highest BCUT2D eigenvalue weighted by molar-refractivity contribution is 7.71. The standard InChI is InChI=1S/C13H18N4OS/c1-5-16(4)12(18)9(3)17-11-10(15-13(17)19)7-6-8(2)14-11/h6-7,9H,5H2,1-4H3,(H,15,19). The summed E-state index contributed by atoms with van der Waals surface area (Å²) in [7, 11) is 1.79. The molecule has 0 aliphatic carbocycles. The molecule has 0 aliphatic rings. The molecule has 102 valence electrons. The number of imidazole rings is 1. The second-order valence-corrected chi connectivity index (χ2v) is 5.04. The van der Waals surface area contributed by atoms with Gasteiger partial charge in [0, 0.05) is 19.3 Å². The number of aromatic nitrogens is 3. The van der Waals surface area contributed by atoms with Crippen molar-refractivity contribution in [1.29, 1.82) is 0 Å². The summed E-state index contributed by atoms with van der Waals surface area (Å²) in [5, 5.41) is 0. The van der Waals surface area contributed by atoms with E-state index in [4.69, 9.17) is 12.2 Å². The molecule has 0 fully saturated rings. The summed E-state index contributed by atoms with van der Waals surface area (Å²) in [6.45, 7) is 6.39. The van der Waals surface area contributed by atoms with Crippen molar-refractivity contribution >= 4 is 29.3 Å². The fraction of sp³-hybridized carbons (Fsp3) is 0.462. The molecule has 6 heteroatoms. The van der Waals surface area contributed by atoms with E-state index in [1.54, 1.807) is 16.5 Å². The number of fused-ring (bicyclic) bond motifs is 1. The van der Waals surface area contributed by atoms with Gasteiger partial charge in [0.2, 0.25) is 5.91 Å². The van der Waals surface area contributed by atoms with E-state index in [2.05, 4.69) is 9.97 Å². The number of aryl methyl sites for hydroxylation is 1. The van der Waals surface area contributed by atoms with Crippen LogP contribution in [0, 0.1) is 11.7 Å². The predicted octanol–water partition coefficient (Wildman–Crippen LogP) is 2.44. The average Bonchev–Trinajstić information content (AvgIpc) is 2.71. The molecule has 1 atom stereocenters. The second kappa shape index (κ2) is 5.13. The van der Waals surface area contributed by atoms with Gasteiger partial charge in [-0.25, -0.2) is 4.98 Å². The van der Waals surface area contributed by atoms with Crippen LogP contribution in [0.25, 0.3) is 11.2 Å². The van der Waals surface area contributed by atoms with E-state index >= 15 is 0 Å². The van der Waals surface area contributed by atoms with Crippen LogP contribution in [0.3, 0.4) is 0 Å². The van der Waals surface area contributed by atoms with Crippen molar-refractivity contribution < 1.29 is 4.79 Å². The van der Waals surface area contributed by atoms with Crippen LogP contribution < -0.4 is 0 Å². The van der Waals surface area contributed by atoms with Gasteiger partial charge in [-0.2, -0.15) is 0 Å². The number of hydrogen-bond donors (Lipinski definition) is 1. The van der Waals surface area contributed by atoms with Crippen molar-refractivity contribution in [3.05, 3.63) is 22.6 Å². The smallest absolute Gasteiger partial charge is 0.245 e. The first kappa shape index (κ1) is 13.7. The predicted molar refractivity (Wildman–Crippen MR) is 77.7 cm³/mol. The number of pyridine rings is 1. The fourth-order valence-corrected chi connectivity index (χ4v) is 2.39. The molecule has 1 amide bonds. The Morgan fingerprint density at radius 2 is 2.26 bits per heavy atom. The zero-order valence-corrected chi connectivity index (χ0v) is 12.4. The van der Waals surface area contributed by atoms with Gasteiger partial charge in [-0.3, -0.25) is 9.36 Å². The third-order valence-corrected chi connectivity index (χ3v) is 3.60. The van der Waals surface area contributed by atoms with Gasteiger partial charge < -0.3 is 9.88 Å². The zero-order chi connectivity index (χ0) is 14.2. The molecule has 0 spiro atoms. The largest absolute Gasteiger partial charge is 0.344 e. The Kier molecular flexibility index (Phi) is 3.71. The lowest BCUT2D eigenvalue weighted by Crippen LogP contribution is -2.33. The normalized spacial score (nSPS) is 12.6. The maximum atomic E-state index is 12.3. The van der Waals surface area contributed by atoms with E-state index in [9.17, 15) is 4.79 Å². The lowest BCUT2D eigenvalue weighted by atomic mass is 10.3. The third-order valence-electron chi connectivity index (χ3n) is 3.30. The summed E-state index contributed by atoms with van der Waals surface area (Å²) < 4.78 is 2.31. The molecule has 0 aliphatic heterocycles. The van der Waals surface area contributed by atoms with Crippen LogP contribution in [0.4, 0.5) is 0 Å². The maximum absolute atomic E-state index is 12.3. The summed E-state index contributed by atoms with van der Waals surface area (Å²) in [6, 6.07) is 3.49. The van der Waals surface area contributed by atoms with E-state index in [0.29, 0.717) is 11.3 Å². The molecule has 1 N–H and O–H groups in total. The number of carbonyl (C=O) groups is 1. The molecule has 0 aromatic carbocycles. The topological polar surface area (TPSA) is 53.9 Å². The van der Waals surface area contributed by atoms with Crippen LogP contribution in [0.1, 0.15) is 25.6 Å². The number of aromatic amines is 1. The Hall–Kier alpha value is -1.69. The fourth-order valence-electron chi connectivity index (χ4n) is 2.04. The van der Waals surface area contributed by atoms with Crippen LogP contribution in [0.15, 0.2) is 12.1 Å². The maximum Gasteiger partial charge on any atom is 0.245 e. The SMILES string of the molecule is CCN(C)C(=O)C(C)n1c(=S)[nH]c2ccc(C)nc21. The molecule has 0 saturated carbocycles. The summed E-state index contributed by atoms with van der Waals surface area (Å²) in [5.41, 5.74) is 2.49. The summed E-state index contributed by atoms with van der Waals surface area (Å²) in [5.74, 6) is 0.0304. The van der Waals surface area contributed by atoms with Crippen molar-refractivity contribution in [2.24, 2.45) is 0 Å². The van der Waals surface area contributed by atoms with E-state index in [0.717, 1.165) is 16.9 Å². The minimum Gasteiger partial charge on any atom is -0.344 e. The van der Waals surface area contributed by atoms with Crippen molar-refractivity contribution in [3.8, 4) is 0 Å².